The van der Waals surface area contributed by atoms with Crippen LogP contribution in [0.4, 0.5) is 11.4 Å². The summed E-state index contributed by atoms with van der Waals surface area (Å²) in [7, 11) is -3.97. The molecule has 3 heterocycles. The van der Waals surface area contributed by atoms with Gasteiger partial charge in [0.05, 0.1) is 47.7 Å². The molecular weight excluding hydrogens is 466 g/mol. The van der Waals surface area contributed by atoms with E-state index in [1.54, 1.807) is 24.3 Å². The van der Waals surface area contributed by atoms with Crippen LogP contribution in [0.2, 0.25) is 5.02 Å². The normalized spacial score (nSPS) is 20.0. The number of amides is 1. The van der Waals surface area contributed by atoms with E-state index in [1.807, 2.05) is 12.1 Å². The highest BCUT2D eigenvalue weighted by Gasteiger charge is 2.42. The first-order valence-electron chi connectivity index (χ1n) is 10.8. The van der Waals surface area contributed by atoms with Crippen molar-refractivity contribution in [2.24, 2.45) is 0 Å². The lowest BCUT2D eigenvalue weighted by molar-refractivity contribution is -0.130. The Morgan fingerprint density at radius 1 is 0.939 bits per heavy atom. The van der Waals surface area contributed by atoms with Gasteiger partial charge in [-0.2, -0.15) is 0 Å². The fourth-order valence-electron chi connectivity index (χ4n) is 4.32. The van der Waals surface area contributed by atoms with Gasteiger partial charge in [0.2, 0.25) is 9.84 Å². The van der Waals surface area contributed by atoms with E-state index in [9.17, 15) is 13.2 Å². The van der Waals surface area contributed by atoms with Crippen LogP contribution in [0.15, 0.2) is 52.3 Å². The molecular formula is C23H24ClN3O5S. The Labute approximate surface area is 197 Å². The number of sulfone groups is 1. The lowest BCUT2D eigenvalue weighted by Crippen LogP contribution is -2.42. The molecule has 8 nitrogen and oxygen atoms in total. The fraction of sp³-hybridized carbons (Fsp3) is 0.348. The predicted molar refractivity (Wildman–Crippen MR) is 126 cm³/mol. The van der Waals surface area contributed by atoms with E-state index < -0.39 is 15.7 Å². The van der Waals surface area contributed by atoms with Crippen molar-refractivity contribution in [1.29, 1.82) is 0 Å². The molecule has 3 aliphatic heterocycles. The van der Waals surface area contributed by atoms with Crippen LogP contribution in [-0.2, 0) is 24.1 Å². The van der Waals surface area contributed by atoms with Crippen molar-refractivity contribution in [1.82, 2.24) is 4.90 Å². The molecule has 2 saturated heterocycles. The van der Waals surface area contributed by atoms with E-state index in [2.05, 4.69) is 10.2 Å². The van der Waals surface area contributed by atoms with E-state index in [0.717, 1.165) is 18.8 Å². The molecule has 0 unspecified atom stereocenters. The summed E-state index contributed by atoms with van der Waals surface area (Å²) in [5.41, 5.74) is 2.24. The molecule has 10 heteroatoms. The van der Waals surface area contributed by atoms with Gasteiger partial charge in [0.15, 0.2) is 4.91 Å². The molecule has 1 N–H and O–H groups in total. The highest BCUT2D eigenvalue weighted by molar-refractivity contribution is 7.97. The van der Waals surface area contributed by atoms with Crippen LogP contribution in [0.3, 0.4) is 0 Å². The molecule has 0 aromatic heterocycles. The smallest absolute Gasteiger partial charge is 0.268 e. The number of nitrogens with one attached hydrogen (secondary N) is 1. The van der Waals surface area contributed by atoms with E-state index in [-0.39, 0.29) is 15.5 Å². The van der Waals surface area contributed by atoms with E-state index in [1.165, 1.54) is 11.0 Å². The van der Waals surface area contributed by atoms with Crippen LogP contribution in [0, 0.1) is 0 Å². The minimum Gasteiger partial charge on any atom is -0.378 e. The highest BCUT2D eigenvalue weighted by atomic mass is 35.5. The van der Waals surface area contributed by atoms with Gasteiger partial charge in [-0.1, -0.05) is 29.8 Å². The Morgan fingerprint density at radius 3 is 2.30 bits per heavy atom. The second-order valence-electron chi connectivity index (χ2n) is 8.00. The molecule has 0 radical (unpaired) electrons. The number of anilines is 2. The maximum Gasteiger partial charge on any atom is 0.268 e. The lowest BCUT2D eigenvalue weighted by Gasteiger charge is -2.29. The SMILES string of the molecule is O=C(C1=C(Nc2ccc(N3CCOCC3)c(Cl)c2)c2ccccc2S1(=O)=O)N1CCOCC1. The first kappa shape index (κ1) is 22.2. The van der Waals surface area contributed by atoms with Crippen molar-refractivity contribution >= 4 is 44.4 Å². The zero-order chi connectivity index (χ0) is 23.0. The van der Waals surface area contributed by atoms with Gasteiger partial charge in [-0.25, -0.2) is 8.42 Å². The van der Waals surface area contributed by atoms with Crippen LogP contribution in [0.25, 0.3) is 5.70 Å². The second-order valence-corrected chi connectivity index (χ2v) is 10.3. The molecule has 2 aromatic rings. The van der Waals surface area contributed by atoms with E-state index in [0.29, 0.717) is 55.8 Å². The third kappa shape index (κ3) is 4.10. The minimum atomic E-state index is -3.97. The lowest BCUT2D eigenvalue weighted by atomic mass is 10.1. The largest absolute Gasteiger partial charge is 0.378 e. The summed E-state index contributed by atoms with van der Waals surface area (Å²) in [6, 6.07) is 12.1. The van der Waals surface area contributed by atoms with Crippen LogP contribution >= 0.6 is 11.6 Å². The standard InChI is InChI=1S/C23H24ClN3O5S/c24-18-15-16(5-6-19(18)26-7-11-31-12-8-26)25-21-17-3-1-2-4-20(17)33(29,30)22(21)23(28)27-9-13-32-14-10-27/h1-6,15,25H,7-14H2. The third-order valence-corrected chi connectivity index (χ3v) is 8.16. The Hall–Kier alpha value is -2.59. The molecule has 0 aliphatic carbocycles. The van der Waals surface area contributed by atoms with Crippen LogP contribution in [-0.4, -0.2) is 71.8 Å². The van der Waals surface area contributed by atoms with Crippen molar-refractivity contribution in [3.63, 3.8) is 0 Å². The number of benzene rings is 2. The number of fused-ring (bicyclic) bond motifs is 1. The number of hydrogen-bond donors (Lipinski definition) is 1. The van der Waals surface area contributed by atoms with Crippen LogP contribution in [0.1, 0.15) is 5.56 Å². The van der Waals surface area contributed by atoms with Crippen molar-refractivity contribution in [2.75, 3.05) is 62.8 Å². The third-order valence-electron chi connectivity index (χ3n) is 6.00. The molecule has 174 valence electrons. The maximum atomic E-state index is 13.4. The zero-order valence-electron chi connectivity index (χ0n) is 17.9. The quantitative estimate of drug-likeness (QED) is 0.706. The van der Waals surface area contributed by atoms with Gasteiger partial charge in [0, 0.05) is 37.4 Å². The molecule has 0 atom stereocenters. The summed E-state index contributed by atoms with van der Waals surface area (Å²) in [5.74, 6) is -0.520. The van der Waals surface area contributed by atoms with Gasteiger partial charge in [-0.15, -0.1) is 0 Å². The van der Waals surface area contributed by atoms with Crippen molar-refractivity contribution in [2.45, 2.75) is 4.90 Å². The van der Waals surface area contributed by atoms with E-state index in [4.69, 9.17) is 21.1 Å². The fourth-order valence-corrected chi connectivity index (χ4v) is 6.35. The van der Waals surface area contributed by atoms with Gasteiger partial charge in [-0.3, -0.25) is 4.79 Å². The number of nitrogens with zero attached hydrogens (tertiary/aromatic N) is 2. The number of ether oxygens (including phenoxy) is 2. The first-order chi connectivity index (χ1) is 16.0. The molecule has 2 fully saturated rings. The Balaban J connectivity index is 1.53. The monoisotopic (exact) mass is 489 g/mol. The van der Waals surface area contributed by atoms with Gasteiger partial charge >= 0.3 is 0 Å². The molecule has 2 aromatic carbocycles. The predicted octanol–water partition coefficient (Wildman–Crippen LogP) is 2.60. The van der Waals surface area contributed by atoms with E-state index >= 15 is 0 Å². The number of carbonyl (C=O) groups is 1. The van der Waals surface area contributed by atoms with Gasteiger partial charge in [0.25, 0.3) is 5.91 Å². The van der Waals surface area contributed by atoms with Crippen molar-refractivity contribution in [3.8, 4) is 0 Å². The summed E-state index contributed by atoms with van der Waals surface area (Å²) < 4.78 is 37.5. The van der Waals surface area contributed by atoms with Crippen LogP contribution in [0.5, 0.6) is 0 Å². The molecule has 1 amide bonds. The molecule has 0 bridgehead atoms. The summed E-state index contributed by atoms with van der Waals surface area (Å²) >= 11 is 6.58. The molecule has 3 aliphatic rings. The topological polar surface area (TPSA) is 88.2 Å². The average Bonchev–Trinajstić information content (AvgIpc) is 3.06. The number of morpholine rings is 2. The summed E-state index contributed by atoms with van der Waals surface area (Å²) in [6.07, 6.45) is 0. The van der Waals surface area contributed by atoms with Crippen LogP contribution < -0.4 is 10.2 Å². The Morgan fingerprint density at radius 2 is 1.61 bits per heavy atom. The number of rotatable bonds is 4. The second kappa shape index (κ2) is 8.98. The Bertz CT molecular complexity index is 1220. The molecule has 33 heavy (non-hydrogen) atoms. The maximum absolute atomic E-state index is 13.4. The average molecular weight is 490 g/mol. The molecule has 0 saturated carbocycles. The molecule has 5 rings (SSSR count). The zero-order valence-corrected chi connectivity index (χ0v) is 19.5. The van der Waals surface area contributed by atoms with Crippen molar-refractivity contribution < 1.29 is 22.7 Å². The number of halogens is 1. The molecule has 0 spiro atoms. The highest BCUT2D eigenvalue weighted by Crippen LogP contribution is 2.41. The van der Waals surface area contributed by atoms with Gasteiger partial charge < -0.3 is 24.6 Å². The summed E-state index contributed by atoms with van der Waals surface area (Å²) in [5, 5.41) is 3.73. The first-order valence-corrected chi connectivity index (χ1v) is 12.7. The number of carbonyl (C=O) groups excluding carboxylic acids is 1. The summed E-state index contributed by atoms with van der Waals surface area (Å²) in [6.45, 7) is 4.25. The Kier molecular flexibility index (Phi) is 6.05. The van der Waals surface area contributed by atoms with Gasteiger partial charge in [-0.05, 0) is 24.3 Å². The van der Waals surface area contributed by atoms with Crippen molar-refractivity contribution in [3.05, 3.63) is 58.0 Å². The summed E-state index contributed by atoms with van der Waals surface area (Å²) in [4.78, 5) is 16.9. The number of hydrogen-bond acceptors (Lipinski definition) is 7. The van der Waals surface area contributed by atoms with Gasteiger partial charge in [0.1, 0.15) is 0 Å². The minimum absolute atomic E-state index is 0.125.